The molecule has 2 nitrogen and oxygen atoms in total. The molecule has 0 saturated heterocycles. The first-order valence-corrected chi connectivity index (χ1v) is 6.89. The Hall–Kier alpha value is -1.58. The predicted octanol–water partition coefficient (Wildman–Crippen LogP) is 4.04. The Kier molecular flexibility index (Phi) is 3.64. The summed E-state index contributed by atoms with van der Waals surface area (Å²) in [5.41, 5.74) is 2.70. The van der Waals surface area contributed by atoms with E-state index in [1.54, 1.807) is 12.1 Å². The molecule has 20 heavy (non-hydrogen) atoms. The second-order valence-corrected chi connectivity index (χ2v) is 5.29. The van der Waals surface area contributed by atoms with Crippen LogP contribution in [0.15, 0.2) is 36.4 Å². The fourth-order valence-electron chi connectivity index (χ4n) is 2.48. The average molecular weight is 293 g/mol. The van der Waals surface area contributed by atoms with Gasteiger partial charge in [-0.3, -0.25) is 0 Å². The molecule has 0 radical (unpaired) electrons. The lowest BCUT2D eigenvalue weighted by molar-refractivity contribution is 0.180. The lowest BCUT2D eigenvalue weighted by Crippen LogP contribution is -1.98. The van der Waals surface area contributed by atoms with Gasteiger partial charge in [0.05, 0.1) is 11.1 Å². The van der Waals surface area contributed by atoms with Crippen LogP contribution in [0.2, 0.25) is 5.02 Å². The van der Waals surface area contributed by atoms with Crippen LogP contribution in [-0.2, 0) is 13.0 Å². The summed E-state index contributed by atoms with van der Waals surface area (Å²) in [5.74, 6) is 0.267. The van der Waals surface area contributed by atoms with E-state index >= 15 is 0 Å². The zero-order chi connectivity index (χ0) is 14.1. The molecular formula is C16H14ClFO2. The molecule has 1 aliphatic rings. The molecule has 0 unspecified atom stereocenters. The van der Waals surface area contributed by atoms with Crippen molar-refractivity contribution in [2.45, 2.75) is 25.6 Å². The number of aryl methyl sites for hydroxylation is 1. The standard InChI is InChI=1S/C16H14ClFO2/c17-16-11(2-1-3-14(16)18)9-20-12-5-6-13-10(8-12)4-7-15(13)19/h1-3,5-6,8,15,19H,4,7,9H2/t15-/m1/s1. The van der Waals surface area contributed by atoms with Gasteiger partial charge in [0.15, 0.2) is 0 Å². The van der Waals surface area contributed by atoms with E-state index in [1.165, 1.54) is 6.07 Å². The van der Waals surface area contributed by atoms with E-state index in [2.05, 4.69) is 0 Å². The van der Waals surface area contributed by atoms with Crippen LogP contribution in [0, 0.1) is 5.82 Å². The molecule has 2 aromatic rings. The molecule has 0 amide bonds. The van der Waals surface area contributed by atoms with Crippen LogP contribution in [0.5, 0.6) is 5.75 Å². The lowest BCUT2D eigenvalue weighted by atomic mass is 10.1. The number of halogens is 2. The topological polar surface area (TPSA) is 29.5 Å². The van der Waals surface area contributed by atoms with Crippen molar-refractivity contribution < 1.29 is 14.2 Å². The minimum atomic E-state index is -0.440. The van der Waals surface area contributed by atoms with Gasteiger partial charge in [-0.15, -0.1) is 0 Å². The zero-order valence-corrected chi connectivity index (χ0v) is 11.5. The smallest absolute Gasteiger partial charge is 0.142 e. The van der Waals surface area contributed by atoms with E-state index in [9.17, 15) is 9.50 Å². The number of aliphatic hydroxyl groups excluding tert-OH is 1. The molecule has 0 bridgehead atoms. The molecule has 0 spiro atoms. The highest BCUT2D eigenvalue weighted by Gasteiger charge is 2.20. The van der Waals surface area contributed by atoms with Crippen molar-refractivity contribution in [2.24, 2.45) is 0 Å². The van der Waals surface area contributed by atoms with Gasteiger partial charge in [0.2, 0.25) is 0 Å². The van der Waals surface area contributed by atoms with Gasteiger partial charge < -0.3 is 9.84 Å². The molecule has 3 rings (SSSR count). The summed E-state index contributed by atoms with van der Waals surface area (Å²) in [6.07, 6.45) is 1.25. The third-order valence-electron chi connectivity index (χ3n) is 3.59. The van der Waals surface area contributed by atoms with Gasteiger partial charge in [-0.2, -0.15) is 0 Å². The molecule has 0 fully saturated rings. The zero-order valence-electron chi connectivity index (χ0n) is 10.8. The van der Waals surface area contributed by atoms with Gasteiger partial charge in [0.25, 0.3) is 0 Å². The molecule has 0 saturated carbocycles. The Morgan fingerprint density at radius 3 is 3.00 bits per heavy atom. The summed E-state index contributed by atoms with van der Waals surface area (Å²) in [5, 5.41) is 9.85. The first-order chi connectivity index (χ1) is 9.65. The Morgan fingerprint density at radius 1 is 1.30 bits per heavy atom. The van der Waals surface area contributed by atoms with Crippen molar-refractivity contribution >= 4 is 11.6 Å². The summed E-state index contributed by atoms with van der Waals surface area (Å²) in [4.78, 5) is 0. The molecule has 0 heterocycles. The molecule has 1 atom stereocenters. The highest BCUT2D eigenvalue weighted by atomic mass is 35.5. The fraction of sp³-hybridized carbons (Fsp3) is 0.250. The van der Waals surface area contributed by atoms with E-state index < -0.39 is 5.82 Å². The summed E-state index contributed by atoms with van der Waals surface area (Å²) in [6.45, 7) is 0.220. The molecule has 0 aliphatic heterocycles. The Morgan fingerprint density at radius 2 is 2.15 bits per heavy atom. The van der Waals surface area contributed by atoms with Gasteiger partial charge in [-0.1, -0.05) is 29.8 Å². The van der Waals surface area contributed by atoms with Gasteiger partial charge >= 0.3 is 0 Å². The molecule has 2 aromatic carbocycles. The van der Waals surface area contributed by atoms with Gasteiger partial charge in [-0.25, -0.2) is 4.39 Å². The molecular weight excluding hydrogens is 279 g/mol. The number of hydrogen-bond donors (Lipinski definition) is 1. The SMILES string of the molecule is O[C@@H]1CCc2cc(OCc3cccc(F)c3Cl)ccc21. The number of aliphatic hydroxyl groups is 1. The number of benzene rings is 2. The maximum atomic E-state index is 13.3. The quantitative estimate of drug-likeness (QED) is 0.925. The molecule has 1 aliphatic carbocycles. The summed E-state index contributed by atoms with van der Waals surface area (Å²) in [7, 11) is 0. The highest BCUT2D eigenvalue weighted by molar-refractivity contribution is 6.31. The van der Waals surface area contributed by atoms with Crippen LogP contribution in [0.4, 0.5) is 4.39 Å². The summed E-state index contributed by atoms with van der Waals surface area (Å²) in [6, 6.07) is 10.3. The number of ether oxygens (including phenoxy) is 1. The minimum absolute atomic E-state index is 0.101. The van der Waals surface area contributed by atoms with E-state index in [-0.39, 0.29) is 17.7 Å². The van der Waals surface area contributed by atoms with Crippen LogP contribution in [-0.4, -0.2) is 5.11 Å². The van der Waals surface area contributed by atoms with Crippen LogP contribution < -0.4 is 4.74 Å². The van der Waals surface area contributed by atoms with Crippen molar-refractivity contribution in [1.29, 1.82) is 0 Å². The van der Waals surface area contributed by atoms with Gasteiger partial charge in [0.1, 0.15) is 18.2 Å². The minimum Gasteiger partial charge on any atom is -0.489 e. The van der Waals surface area contributed by atoms with E-state index in [0.29, 0.717) is 11.3 Å². The van der Waals surface area contributed by atoms with Crippen LogP contribution in [0.3, 0.4) is 0 Å². The monoisotopic (exact) mass is 292 g/mol. The fourth-order valence-corrected chi connectivity index (χ4v) is 2.66. The summed E-state index contributed by atoms with van der Waals surface area (Å²) < 4.78 is 19.0. The maximum absolute atomic E-state index is 13.3. The van der Waals surface area contributed by atoms with Crippen molar-refractivity contribution in [3.05, 3.63) is 63.9 Å². The normalized spacial score (nSPS) is 17.1. The number of hydrogen-bond acceptors (Lipinski definition) is 2. The van der Waals surface area contributed by atoms with Crippen LogP contribution >= 0.6 is 11.6 Å². The summed E-state index contributed by atoms with van der Waals surface area (Å²) >= 11 is 5.88. The maximum Gasteiger partial charge on any atom is 0.142 e. The first kappa shape index (κ1) is 13.4. The van der Waals surface area contributed by atoms with Gasteiger partial charge in [0, 0.05) is 5.56 Å². The molecule has 0 aromatic heterocycles. The third-order valence-corrected chi connectivity index (χ3v) is 4.01. The Balaban J connectivity index is 1.74. The molecule has 104 valence electrons. The molecule has 4 heteroatoms. The van der Waals surface area contributed by atoms with Crippen molar-refractivity contribution in [2.75, 3.05) is 0 Å². The van der Waals surface area contributed by atoms with Crippen LogP contribution in [0.1, 0.15) is 29.2 Å². The number of rotatable bonds is 3. The highest BCUT2D eigenvalue weighted by Crippen LogP contribution is 2.33. The second-order valence-electron chi connectivity index (χ2n) is 4.92. The van der Waals surface area contributed by atoms with E-state index in [0.717, 1.165) is 24.0 Å². The predicted molar refractivity (Wildman–Crippen MR) is 75.5 cm³/mol. The first-order valence-electron chi connectivity index (χ1n) is 6.52. The third kappa shape index (κ3) is 2.51. The average Bonchev–Trinajstić information content (AvgIpc) is 2.82. The number of fused-ring (bicyclic) bond motifs is 1. The van der Waals surface area contributed by atoms with Gasteiger partial charge in [-0.05, 0) is 42.2 Å². The largest absolute Gasteiger partial charge is 0.489 e. The van der Waals surface area contributed by atoms with Crippen molar-refractivity contribution in [1.82, 2.24) is 0 Å². The lowest BCUT2D eigenvalue weighted by Gasteiger charge is -2.10. The molecule has 1 N–H and O–H groups in total. The van der Waals surface area contributed by atoms with Crippen molar-refractivity contribution in [3.8, 4) is 5.75 Å². The van der Waals surface area contributed by atoms with Crippen molar-refractivity contribution in [3.63, 3.8) is 0 Å². The second kappa shape index (κ2) is 5.43. The Bertz CT molecular complexity index is 642. The van der Waals surface area contributed by atoms with Crippen LogP contribution in [0.25, 0.3) is 0 Å². The Labute approximate surface area is 121 Å². The van der Waals surface area contributed by atoms with E-state index in [1.807, 2.05) is 18.2 Å². The van der Waals surface area contributed by atoms with E-state index in [4.69, 9.17) is 16.3 Å².